The normalized spacial score (nSPS) is 12.5. The summed E-state index contributed by atoms with van der Waals surface area (Å²) >= 11 is 7.25. The molecular weight excluding hydrogens is 514 g/mol. The van der Waals surface area contributed by atoms with Crippen molar-refractivity contribution in [2.45, 2.75) is 25.6 Å². The number of benzene rings is 2. The molecule has 0 spiro atoms. The van der Waals surface area contributed by atoms with E-state index in [2.05, 4.69) is 33.9 Å². The molecule has 0 aliphatic rings. The van der Waals surface area contributed by atoms with E-state index in [4.69, 9.17) is 24.1 Å². The van der Waals surface area contributed by atoms with Crippen LogP contribution in [0.2, 0.25) is 0 Å². The van der Waals surface area contributed by atoms with Crippen molar-refractivity contribution in [3.8, 4) is 5.75 Å². The number of hydrogen-bond acceptors (Lipinski definition) is 8. The molecule has 2 aromatic carbocycles. The van der Waals surface area contributed by atoms with Gasteiger partial charge in [-0.3, -0.25) is 10.1 Å². The predicted molar refractivity (Wildman–Crippen MR) is 131 cm³/mol. The van der Waals surface area contributed by atoms with Crippen LogP contribution in [0.25, 0.3) is 0 Å². The number of aliphatic hydroxyl groups excluding tert-OH is 1. The number of nitrogens with one attached hydrogen (secondary N) is 1. The number of anilines is 1. The lowest BCUT2D eigenvalue weighted by atomic mass is 10.0. The molecular formula is C23H28BrNO7S. The van der Waals surface area contributed by atoms with Crippen LogP contribution in [0, 0.1) is 0 Å². The van der Waals surface area contributed by atoms with Crippen molar-refractivity contribution in [3.63, 3.8) is 0 Å². The number of carbonyl (C=O) groups is 2. The maximum absolute atomic E-state index is 12.8. The lowest BCUT2D eigenvalue weighted by molar-refractivity contribution is -0.142. The Hall–Kier alpha value is -2.27. The molecule has 0 aromatic heterocycles. The number of esters is 1. The van der Waals surface area contributed by atoms with Gasteiger partial charge in [-0.1, -0.05) is 34.1 Å². The van der Waals surface area contributed by atoms with Crippen LogP contribution < -0.4 is 10.1 Å². The predicted octanol–water partition coefficient (Wildman–Crippen LogP) is 4.38. The number of aliphatic hydroxyl groups is 1. The average molecular weight is 542 g/mol. The molecule has 0 aliphatic heterocycles. The second kappa shape index (κ2) is 14.8. The molecule has 0 saturated carbocycles. The summed E-state index contributed by atoms with van der Waals surface area (Å²) < 4.78 is 23.3. The van der Waals surface area contributed by atoms with Crippen LogP contribution >= 0.6 is 28.6 Å². The third-order valence-corrected chi connectivity index (χ3v) is 5.20. The van der Waals surface area contributed by atoms with Crippen molar-refractivity contribution in [3.05, 3.63) is 58.6 Å². The zero-order chi connectivity index (χ0) is 24.1. The molecule has 8 nitrogen and oxygen atoms in total. The number of para-hydroxylation sites is 1. The van der Waals surface area contributed by atoms with Crippen molar-refractivity contribution in [1.29, 1.82) is 0 Å². The van der Waals surface area contributed by atoms with Gasteiger partial charge in [-0.15, -0.1) is 0 Å². The summed E-state index contributed by atoms with van der Waals surface area (Å²) in [5, 5.41) is 11.9. The van der Waals surface area contributed by atoms with E-state index in [0.29, 0.717) is 23.6 Å². The first-order valence-corrected chi connectivity index (χ1v) is 11.8. The Kier molecular flexibility index (Phi) is 12.1. The smallest absolute Gasteiger partial charge is 0.412 e. The Balaban J connectivity index is 2.28. The SMILES string of the molecule is CCO[C@@H](CCOC(=O)CS)[C@@H](OC(=O)Nc1ccc(Br)cc1)c1ccccc1OCCO. The maximum Gasteiger partial charge on any atom is 0.412 e. The molecule has 33 heavy (non-hydrogen) atoms. The van der Waals surface area contributed by atoms with Gasteiger partial charge in [0, 0.05) is 28.8 Å². The number of carbonyl (C=O) groups excluding carboxylic acids is 2. The van der Waals surface area contributed by atoms with Gasteiger partial charge >= 0.3 is 12.1 Å². The number of ether oxygens (including phenoxy) is 4. The number of amides is 1. The van der Waals surface area contributed by atoms with Crippen molar-refractivity contribution >= 4 is 46.3 Å². The maximum atomic E-state index is 12.8. The monoisotopic (exact) mass is 541 g/mol. The molecule has 180 valence electrons. The zero-order valence-electron chi connectivity index (χ0n) is 18.2. The standard InChI is InChI=1S/C23H28BrNO7S/c1-2-29-20(11-13-31-21(27)15-33)22(18-5-3-4-6-19(18)30-14-12-26)32-23(28)25-17-9-7-16(24)8-10-17/h3-10,20,22,26,33H,2,11-15H2,1H3,(H,25,28)/t20-,22-/m0/s1. The van der Waals surface area contributed by atoms with Crippen LogP contribution in [0.3, 0.4) is 0 Å². The van der Waals surface area contributed by atoms with E-state index in [1.54, 1.807) is 48.5 Å². The first-order valence-electron chi connectivity index (χ1n) is 10.4. The van der Waals surface area contributed by atoms with Gasteiger partial charge in [0.2, 0.25) is 0 Å². The highest BCUT2D eigenvalue weighted by atomic mass is 79.9. The van der Waals surface area contributed by atoms with E-state index < -0.39 is 24.3 Å². The third kappa shape index (κ3) is 9.24. The summed E-state index contributed by atoms with van der Waals surface area (Å²) in [5.74, 6) is -0.0390. The minimum Gasteiger partial charge on any atom is -0.491 e. The van der Waals surface area contributed by atoms with Crippen LogP contribution in [-0.2, 0) is 19.0 Å². The fourth-order valence-corrected chi connectivity index (χ4v) is 3.36. The minimum absolute atomic E-state index is 0.0351. The van der Waals surface area contributed by atoms with E-state index in [1.807, 2.05) is 6.92 Å². The van der Waals surface area contributed by atoms with E-state index in [-0.39, 0.29) is 32.0 Å². The van der Waals surface area contributed by atoms with Gasteiger partial charge in [-0.05, 0) is 37.3 Å². The number of thiol groups is 1. The topological polar surface area (TPSA) is 103 Å². The molecule has 0 aliphatic carbocycles. The summed E-state index contributed by atoms with van der Waals surface area (Å²) in [6.07, 6.45) is -1.91. The largest absolute Gasteiger partial charge is 0.491 e. The number of hydrogen-bond donors (Lipinski definition) is 3. The van der Waals surface area contributed by atoms with Crippen LogP contribution in [0.5, 0.6) is 5.75 Å². The molecule has 2 aromatic rings. The molecule has 0 radical (unpaired) electrons. The van der Waals surface area contributed by atoms with Gasteiger partial charge < -0.3 is 24.1 Å². The summed E-state index contributed by atoms with van der Waals surface area (Å²) in [5.41, 5.74) is 1.12. The van der Waals surface area contributed by atoms with Crippen molar-refractivity contribution in [2.24, 2.45) is 0 Å². The number of rotatable bonds is 13. The average Bonchev–Trinajstić information content (AvgIpc) is 2.82. The van der Waals surface area contributed by atoms with Gasteiger partial charge in [-0.2, -0.15) is 12.6 Å². The van der Waals surface area contributed by atoms with Crippen LogP contribution in [-0.4, -0.2) is 55.5 Å². The first-order chi connectivity index (χ1) is 16.0. The lowest BCUT2D eigenvalue weighted by Crippen LogP contribution is -2.30. The van der Waals surface area contributed by atoms with Gasteiger partial charge in [0.05, 0.1) is 19.0 Å². The molecule has 2 atom stereocenters. The van der Waals surface area contributed by atoms with Crippen molar-refractivity contribution in [1.82, 2.24) is 0 Å². The van der Waals surface area contributed by atoms with Gasteiger partial charge in [0.25, 0.3) is 0 Å². The van der Waals surface area contributed by atoms with Gasteiger partial charge in [0.15, 0.2) is 6.10 Å². The van der Waals surface area contributed by atoms with Crippen molar-refractivity contribution in [2.75, 3.05) is 37.5 Å². The molecule has 0 heterocycles. The van der Waals surface area contributed by atoms with Gasteiger partial charge in [-0.25, -0.2) is 4.79 Å². The molecule has 0 fully saturated rings. The molecule has 0 unspecified atom stereocenters. The van der Waals surface area contributed by atoms with E-state index in [0.717, 1.165) is 4.47 Å². The highest BCUT2D eigenvalue weighted by Crippen LogP contribution is 2.33. The second-order valence-electron chi connectivity index (χ2n) is 6.73. The summed E-state index contributed by atoms with van der Waals surface area (Å²) in [7, 11) is 0. The Morgan fingerprint density at radius 3 is 2.52 bits per heavy atom. The van der Waals surface area contributed by atoms with Gasteiger partial charge in [0.1, 0.15) is 18.5 Å². The Labute approximate surface area is 207 Å². The van der Waals surface area contributed by atoms with E-state index in [1.165, 1.54) is 0 Å². The fourth-order valence-electron chi connectivity index (χ4n) is 3.01. The Morgan fingerprint density at radius 1 is 1.12 bits per heavy atom. The third-order valence-electron chi connectivity index (χ3n) is 4.41. The van der Waals surface area contributed by atoms with Crippen LogP contribution in [0.15, 0.2) is 53.0 Å². The molecule has 1 amide bonds. The summed E-state index contributed by atoms with van der Waals surface area (Å²) in [6.45, 7) is 2.14. The van der Waals surface area contributed by atoms with E-state index >= 15 is 0 Å². The summed E-state index contributed by atoms with van der Waals surface area (Å²) in [6, 6.07) is 14.1. The quantitative estimate of drug-likeness (QED) is 0.255. The van der Waals surface area contributed by atoms with Crippen LogP contribution in [0.1, 0.15) is 25.0 Å². The molecule has 10 heteroatoms. The number of halogens is 1. The molecule has 2 N–H and O–H groups in total. The lowest BCUT2D eigenvalue weighted by Gasteiger charge is -2.28. The highest BCUT2D eigenvalue weighted by molar-refractivity contribution is 9.10. The van der Waals surface area contributed by atoms with E-state index in [9.17, 15) is 9.59 Å². The Morgan fingerprint density at radius 2 is 1.85 bits per heavy atom. The molecule has 2 rings (SSSR count). The minimum atomic E-state index is -0.870. The second-order valence-corrected chi connectivity index (χ2v) is 7.96. The molecule has 0 saturated heterocycles. The van der Waals surface area contributed by atoms with Crippen LogP contribution in [0.4, 0.5) is 10.5 Å². The van der Waals surface area contributed by atoms with Crippen molar-refractivity contribution < 1.29 is 33.6 Å². The fraction of sp³-hybridized carbons (Fsp3) is 0.391. The first kappa shape index (κ1) is 27.0. The highest BCUT2D eigenvalue weighted by Gasteiger charge is 2.30. The zero-order valence-corrected chi connectivity index (χ0v) is 20.7. The Bertz CT molecular complexity index is 881. The molecule has 0 bridgehead atoms. The summed E-state index contributed by atoms with van der Waals surface area (Å²) in [4.78, 5) is 24.3.